The summed E-state index contributed by atoms with van der Waals surface area (Å²) in [6.45, 7) is 0. The molecule has 1 aliphatic rings. The fraction of sp³-hybridized carbons (Fsp3) is 0.222. The van der Waals surface area contributed by atoms with E-state index in [0.29, 0.717) is 10.6 Å². The predicted molar refractivity (Wildman–Crippen MR) is 105 cm³/mol. The van der Waals surface area contributed by atoms with E-state index in [1.165, 1.54) is 11.3 Å². The summed E-state index contributed by atoms with van der Waals surface area (Å²) in [5.41, 5.74) is 3.03. The first kappa shape index (κ1) is 20.0. The number of fused-ring (bicyclic) bond motifs is 1. The minimum atomic E-state index is -1.08. The van der Waals surface area contributed by atoms with E-state index in [9.17, 15) is 30.1 Å². The summed E-state index contributed by atoms with van der Waals surface area (Å²) in [5.74, 6) is -2.36. The van der Waals surface area contributed by atoms with Crippen LogP contribution in [0.5, 0.6) is 5.75 Å². The van der Waals surface area contributed by atoms with E-state index in [1.807, 2.05) is 5.43 Å². The number of benzene rings is 1. The molecule has 0 atom stereocenters. The molecule has 0 bridgehead atoms. The van der Waals surface area contributed by atoms with Gasteiger partial charge in [-0.1, -0.05) is 0 Å². The number of carbonyl (C=O) groups excluding carboxylic acids is 2. The minimum absolute atomic E-state index is 0.00222. The highest BCUT2D eigenvalue weighted by atomic mass is 32.1. The molecule has 2 aromatic rings. The predicted octanol–water partition coefficient (Wildman–Crippen LogP) is 2.20. The van der Waals surface area contributed by atoms with Crippen molar-refractivity contribution < 1.29 is 19.6 Å². The molecule has 1 aromatic carbocycles. The molecule has 0 fully saturated rings. The topological polar surface area (TPSA) is 158 Å². The van der Waals surface area contributed by atoms with Gasteiger partial charge in [-0.15, -0.1) is 11.3 Å². The van der Waals surface area contributed by atoms with Gasteiger partial charge in [-0.3, -0.25) is 19.7 Å². The van der Waals surface area contributed by atoms with Crippen molar-refractivity contribution >= 4 is 40.1 Å². The van der Waals surface area contributed by atoms with Gasteiger partial charge in [-0.05, 0) is 37.3 Å². The Morgan fingerprint density at radius 1 is 1.31 bits per heavy atom. The number of aryl methyl sites for hydroxylation is 1. The number of hydrogen-bond donors (Lipinski definition) is 3. The van der Waals surface area contributed by atoms with Gasteiger partial charge >= 0.3 is 11.8 Å². The summed E-state index contributed by atoms with van der Waals surface area (Å²) in [6, 6.07) is 5.39. The first-order valence-corrected chi connectivity index (χ1v) is 9.38. The molecule has 3 N–H and O–H groups in total. The van der Waals surface area contributed by atoms with Crippen LogP contribution in [-0.2, 0) is 22.4 Å². The van der Waals surface area contributed by atoms with Crippen molar-refractivity contribution in [2.75, 3.05) is 5.32 Å². The first-order valence-electron chi connectivity index (χ1n) is 8.57. The fourth-order valence-electron chi connectivity index (χ4n) is 2.90. The molecular weight excluding hydrogens is 398 g/mol. The summed E-state index contributed by atoms with van der Waals surface area (Å²) in [5, 5.41) is 36.1. The highest BCUT2D eigenvalue weighted by molar-refractivity contribution is 7.16. The number of thiophene rings is 1. The van der Waals surface area contributed by atoms with E-state index in [0.717, 1.165) is 60.5 Å². The van der Waals surface area contributed by atoms with Crippen LogP contribution in [0, 0.1) is 21.4 Å². The Morgan fingerprint density at radius 3 is 2.79 bits per heavy atom. The van der Waals surface area contributed by atoms with Crippen LogP contribution in [0.2, 0.25) is 0 Å². The highest BCUT2D eigenvalue weighted by Gasteiger charge is 2.23. The van der Waals surface area contributed by atoms with Crippen LogP contribution in [0.15, 0.2) is 23.3 Å². The molecule has 0 spiro atoms. The standard InChI is InChI=1S/C18H15N5O5S/c19-8-13-12-3-1-2-4-15(12)29-18(13)21-16(25)17(26)22-20-9-10-7-11(23(27)28)5-6-14(10)24/h5-7,9,24H,1-4H2,(H,21,25)(H,22,26). The number of phenolic OH excluding ortho intramolecular Hbond substituents is 1. The van der Waals surface area contributed by atoms with E-state index < -0.39 is 16.7 Å². The zero-order valence-corrected chi connectivity index (χ0v) is 15.8. The summed E-state index contributed by atoms with van der Waals surface area (Å²) in [6.07, 6.45) is 4.59. The van der Waals surface area contributed by atoms with Gasteiger partial charge in [0.25, 0.3) is 5.69 Å². The van der Waals surface area contributed by atoms with E-state index in [4.69, 9.17) is 0 Å². The Hall–Kier alpha value is -3.78. The lowest BCUT2D eigenvalue weighted by atomic mass is 9.96. The Bertz CT molecular complexity index is 1070. The van der Waals surface area contributed by atoms with E-state index in [2.05, 4.69) is 16.5 Å². The number of hydrazone groups is 1. The number of nitro benzene ring substituents is 1. The lowest BCUT2D eigenvalue weighted by Crippen LogP contribution is -2.32. The second-order valence-corrected chi connectivity index (χ2v) is 7.29. The number of non-ortho nitro benzene ring substituents is 1. The number of nitriles is 1. The van der Waals surface area contributed by atoms with Crippen molar-refractivity contribution in [3.63, 3.8) is 0 Å². The number of nitro groups is 1. The van der Waals surface area contributed by atoms with Gasteiger partial charge in [0, 0.05) is 22.6 Å². The van der Waals surface area contributed by atoms with E-state index in [1.54, 1.807) is 0 Å². The maximum atomic E-state index is 12.1. The molecule has 1 heterocycles. The number of amides is 2. The summed E-state index contributed by atoms with van der Waals surface area (Å²) >= 11 is 1.29. The van der Waals surface area contributed by atoms with Gasteiger partial charge in [0.05, 0.1) is 16.7 Å². The van der Waals surface area contributed by atoms with Crippen LogP contribution in [-0.4, -0.2) is 28.1 Å². The van der Waals surface area contributed by atoms with Crippen molar-refractivity contribution in [1.82, 2.24) is 5.43 Å². The van der Waals surface area contributed by atoms with Crippen molar-refractivity contribution in [2.45, 2.75) is 25.7 Å². The SMILES string of the molecule is N#Cc1c(NC(=O)C(=O)NN=Cc2cc([N+](=O)[O-])ccc2O)sc2c1CCCC2. The maximum Gasteiger partial charge on any atom is 0.329 e. The average Bonchev–Trinajstić information content (AvgIpc) is 3.05. The molecule has 0 aliphatic heterocycles. The van der Waals surface area contributed by atoms with E-state index in [-0.39, 0.29) is 17.0 Å². The largest absolute Gasteiger partial charge is 0.507 e. The molecule has 1 aromatic heterocycles. The lowest BCUT2D eigenvalue weighted by molar-refractivity contribution is -0.384. The van der Waals surface area contributed by atoms with Crippen LogP contribution in [0.1, 0.15) is 34.4 Å². The van der Waals surface area contributed by atoms with Crippen molar-refractivity contribution in [3.05, 3.63) is 49.9 Å². The Kier molecular flexibility index (Phi) is 5.85. The molecule has 3 rings (SSSR count). The fourth-order valence-corrected chi connectivity index (χ4v) is 4.14. The van der Waals surface area contributed by atoms with Crippen LogP contribution < -0.4 is 10.7 Å². The number of rotatable bonds is 4. The van der Waals surface area contributed by atoms with Crippen molar-refractivity contribution in [1.29, 1.82) is 5.26 Å². The number of hydrogen-bond acceptors (Lipinski definition) is 8. The van der Waals surface area contributed by atoms with Crippen LogP contribution in [0.3, 0.4) is 0 Å². The third-order valence-corrected chi connectivity index (χ3v) is 5.52. The number of nitrogens with zero attached hydrogens (tertiary/aromatic N) is 3. The second-order valence-electron chi connectivity index (χ2n) is 6.18. The monoisotopic (exact) mass is 413 g/mol. The molecule has 29 heavy (non-hydrogen) atoms. The molecule has 11 heteroatoms. The maximum absolute atomic E-state index is 12.1. The molecular formula is C18H15N5O5S. The van der Waals surface area contributed by atoms with Crippen LogP contribution >= 0.6 is 11.3 Å². The average molecular weight is 413 g/mol. The number of carbonyl (C=O) groups is 2. The Morgan fingerprint density at radius 2 is 2.07 bits per heavy atom. The molecule has 148 valence electrons. The van der Waals surface area contributed by atoms with Gasteiger partial charge in [-0.25, -0.2) is 5.43 Å². The lowest BCUT2D eigenvalue weighted by Gasteiger charge is -2.09. The second kappa shape index (κ2) is 8.49. The Balaban J connectivity index is 1.66. The minimum Gasteiger partial charge on any atom is -0.507 e. The van der Waals surface area contributed by atoms with Crippen LogP contribution in [0.4, 0.5) is 10.7 Å². The summed E-state index contributed by atoms with van der Waals surface area (Å²) in [4.78, 5) is 35.2. The molecule has 2 amide bonds. The number of anilines is 1. The molecule has 1 aliphatic carbocycles. The quantitative estimate of drug-likeness (QED) is 0.302. The summed E-state index contributed by atoms with van der Waals surface area (Å²) in [7, 11) is 0. The zero-order chi connectivity index (χ0) is 21.0. The van der Waals surface area contributed by atoms with Gasteiger partial charge in [0.2, 0.25) is 0 Å². The third kappa shape index (κ3) is 4.39. The molecule has 0 saturated heterocycles. The summed E-state index contributed by atoms with van der Waals surface area (Å²) < 4.78 is 0. The molecule has 0 unspecified atom stereocenters. The number of aromatic hydroxyl groups is 1. The van der Waals surface area contributed by atoms with Gasteiger partial charge in [0.1, 0.15) is 16.8 Å². The van der Waals surface area contributed by atoms with Crippen molar-refractivity contribution in [2.24, 2.45) is 5.10 Å². The highest BCUT2D eigenvalue weighted by Crippen LogP contribution is 2.37. The van der Waals surface area contributed by atoms with Gasteiger partial charge < -0.3 is 10.4 Å². The third-order valence-electron chi connectivity index (χ3n) is 4.31. The molecule has 0 radical (unpaired) electrons. The smallest absolute Gasteiger partial charge is 0.329 e. The number of phenols is 1. The Labute approximate surface area is 168 Å². The van der Waals surface area contributed by atoms with Crippen molar-refractivity contribution in [3.8, 4) is 11.8 Å². The molecule has 10 nitrogen and oxygen atoms in total. The van der Waals surface area contributed by atoms with Gasteiger partial charge in [0.15, 0.2) is 0 Å². The zero-order valence-electron chi connectivity index (χ0n) is 15.0. The molecule has 0 saturated carbocycles. The van der Waals surface area contributed by atoms with E-state index >= 15 is 0 Å². The normalized spacial score (nSPS) is 12.8. The first-order chi connectivity index (χ1) is 13.9. The van der Waals surface area contributed by atoms with Gasteiger partial charge in [-0.2, -0.15) is 10.4 Å². The van der Waals surface area contributed by atoms with Crippen LogP contribution in [0.25, 0.3) is 0 Å². The number of nitrogens with one attached hydrogen (secondary N) is 2.